The summed E-state index contributed by atoms with van der Waals surface area (Å²) in [5.41, 5.74) is 36.8. The van der Waals surface area contributed by atoms with Crippen molar-refractivity contribution in [2.24, 2.45) is 0 Å². The van der Waals surface area contributed by atoms with E-state index in [1.54, 1.807) is 0 Å². The lowest BCUT2D eigenvalue weighted by Crippen LogP contribution is -2.28. The zero-order valence-electron chi connectivity index (χ0n) is 78.6. The Kier molecular flexibility index (Phi) is 29.7. The second-order valence-electron chi connectivity index (χ2n) is 35.3. The third-order valence-electron chi connectivity index (χ3n) is 27.2. The highest BCUT2D eigenvalue weighted by molar-refractivity contribution is 9.11. The Labute approximate surface area is 866 Å². The molecule has 0 saturated carbocycles. The number of aryl methyl sites for hydroxylation is 4. The second kappa shape index (κ2) is 42.9. The number of fused-ring (bicyclic) bond motifs is 15. The highest BCUT2D eigenvalue weighted by Gasteiger charge is 2.49. The lowest BCUT2D eigenvalue weighted by atomic mass is 9.67. The molecule has 6 nitrogen and oxygen atoms in total. The molecule has 0 fully saturated rings. The van der Waals surface area contributed by atoms with Gasteiger partial charge in [-0.25, -0.2) is 0 Å². The standard InChI is InChI=1S/C70H48Br2N2.C32H26N2.C19H13BrO.C4H10O.CH2Cl2.CH4.BF3.H2/c1-45-19-33-53(34-20-45)73(54-35-21-46(2)22-36-54)55-37-39-56(40-38-55)74-67-41-27-49(69(47-23-29-51(71)30-24-47)63-15-7-3-11-57(63)58-12-4-8-16-64(58)69)43-61(67)62-44-50(28-42-68(62)74)70(48-25-31-52(72)32-26-48)65-17-9-5-13-59(65)60-14-6-10-18-66(60)70;1-23-11-15-25(16-12-23)33(26-17-13-24(2)14-18-26)27-19-21-28(22-20-27)34-31-9-5-3-7-29(31)30-8-4-6-10-32(30)34;20-14-11-9-13(10-12-14)19(21)17-7-3-1-5-15(17)16-6-2-4-8-18(16)19;1-3-5-4-2;2-1-3;;2-1(3)4;/h3-44H,1-2H3;3-22H,1-2H3;1-12,21H;3-4H2,1-2H3;1H2;1H4;;1H/i;;;;;;;1+1. The molecule has 0 amide bonds. The molecule has 0 radical (unpaired) electrons. The van der Waals surface area contributed by atoms with Crippen LogP contribution in [0.4, 0.5) is 47.1 Å². The number of hydrogen-bond acceptors (Lipinski definition) is 4. The van der Waals surface area contributed by atoms with Gasteiger partial charge in [-0.05, 0) is 295 Å². The molecule has 19 aromatic carbocycles. The highest BCUT2D eigenvalue weighted by Crippen LogP contribution is 2.60. The average molecular weight is 2100 g/mol. The van der Waals surface area contributed by atoms with Gasteiger partial charge in [-0.3, -0.25) is 12.9 Å². The van der Waals surface area contributed by atoms with Gasteiger partial charge in [-0.1, -0.05) is 357 Å². The number of aromatic nitrogens is 2. The first-order valence-corrected chi connectivity index (χ1v) is 50.6. The van der Waals surface area contributed by atoms with E-state index >= 15 is 0 Å². The van der Waals surface area contributed by atoms with Crippen molar-refractivity contribution in [3.8, 4) is 44.8 Å². The van der Waals surface area contributed by atoms with Crippen LogP contribution < -0.4 is 9.80 Å². The first-order chi connectivity index (χ1) is 68.8. The van der Waals surface area contributed by atoms with Gasteiger partial charge in [0.1, 0.15) is 5.60 Å². The second-order valence-corrected chi connectivity index (χ2v) is 38.9. The summed E-state index contributed by atoms with van der Waals surface area (Å²) in [5.74, 6) is 0. The molecule has 142 heavy (non-hydrogen) atoms. The zero-order valence-corrected chi connectivity index (χ0v) is 84.9. The Balaban J connectivity index is 0.000000166. The van der Waals surface area contributed by atoms with Crippen molar-refractivity contribution in [2.75, 3.05) is 28.4 Å². The van der Waals surface area contributed by atoms with Gasteiger partial charge >= 0.3 is 7.54 Å². The molecule has 2 heterocycles. The number of para-hydroxylation sites is 2. The van der Waals surface area contributed by atoms with Crippen molar-refractivity contribution in [1.82, 2.24) is 9.13 Å². The van der Waals surface area contributed by atoms with E-state index < -0.39 is 24.0 Å². The van der Waals surface area contributed by atoms with Crippen molar-refractivity contribution < 1.29 is 24.2 Å². The summed E-state index contributed by atoms with van der Waals surface area (Å²) in [6, 6.07) is 163. The molecule has 0 atom stereocenters. The van der Waals surface area contributed by atoms with Gasteiger partial charge in [0.25, 0.3) is 0 Å². The van der Waals surface area contributed by atoms with E-state index in [0.717, 1.165) is 111 Å². The molecule has 1 N–H and O–H groups in total. The maximum Gasteiger partial charge on any atom is 0.762 e. The monoisotopic (exact) mass is 2090 g/mol. The number of ether oxygens (including phenoxy) is 1. The molecular weight excluding hydrogens is 1990 g/mol. The van der Waals surface area contributed by atoms with E-state index in [1.165, 1.54) is 122 Å². The minimum Gasteiger partial charge on any atom is -0.382 e. The molecule has 0 unspecified atom stereocenters. The van der Waals surface area contributed by atoms with Crippen LogP contribution >= 0.6 is 71.0 Å². The van der Waals surface area contributed by atoms with Crippen molar-refractivity contribution in [2.45, 2.75) is 65.4 Å². The van der Waals surface area contributed by atoms with Gasteiger partial charge in [-0.15, -0.1) is 23.2 Å². The van der Waals surface area contributed by atoms with Crippen LogP contribution in [0.15, 0.2) is 462 Å². The number of aliphatic hydroxyl groups is 1. The molecular formula is C127H105BBr3Cl2F3N4O2. The summed E-state index contributed by atoms with van der Waals surface area (Å²) in [4.78, 5) is 4.67. The van der Waals surface area contributed by atoms with Crippen LogP contribution in [0.5, 0.6) is 0 Å². The lowest BCUT2D eigenvalue weighted by Gasteiger charge is -2.34. The van der Waals surface area contributed by atoms with Crippen LogP contribution in [0.1, 0.15) is 106 Å². The number of halogens is 8. The summed E-state index contributed by atoms with van der Waals surface area (Å²) in [5, 5.41) is 16.7. The fourth-order valence-corrected chi connectivity index (χ4v) is 21.8. The quantitative estimate of drug-likeness (QED) is 0.0821. The minimum atomic E-state index is -3.67. The number of rotatable bonds is 15. The van der Waals surface area contributed by atoms with Crippen molar-refractivity contribution in [1.29, 1.82) is 0 Å². The van der Waals surface area contributed by atoms with Crippen molar-refractivity contribution >= 4 is 156 Å². The first-order valence-electron chi connectivity index (χ1n) is 47.1. The summed E-state index contributed by atoms with van der Waals surface area (Å²) < 4.78 is 41.8. The smallest absolute Gasteiger partial charge is 0.382 e. The number of anilines is 6. The topological polar surface area (TPSA) is 45.8 Å². The Morgan fingerprint density at radius 1 is 0.289 bits per heavy atom. The van der Waals surface area contributed by atoms with Crippen LogP contribution in [0, 0.1) is 27.7 Å². The summed E-state index contributed by atoms with van der Waals surface area (Å²) in [6.45, 7) is 14.2. The normalized spacial score (nSPS) is 12.6. The Morgan fingerprint density at radius 3 is 0.775 bits per heavy atom. The van der Waals surface area contributed by atoms with Crippen LogP contribution in [-0.2, 0) is 21.2 Å². The Morgan fingerprint density at radius 2 is 0.507 bits per heavy atom. The highest BCUT2D eigenvalue weighted by atomic mass is 79.9. The van der Waals surface area contributed by atoms with Crippen LogP contribution in [0.25, 0.3) is 88.4 Å². The van der Waals surface area contributed by atoms with Crippen molar-refractivity contribution in [3.05, 3.63) is 546 Å². The number of alkyl halides is 2. The van der Waals surface area contributed by atoms with E-state index in [9.17, 15) is 18.1 Å². The fraction of sp³-hybridized carbons (Fsp3) is 0.102. The molecule has 24 rings (SSSR count). The van der Waals surface area contributed by atoms with E-state index in [0.29, 0.717) is 0 Å². The largest absolute Gasteiger partial charge is 0.762 e. The van der Waals surface area contributed by atoms with Crippen LogP contribution in [0.2, 0.25) is 0 Å². The molecule has 3 aliphatic carbocycles. The molecule has 0 spiro atoms. The molecule has 0 bridgehead atoms. The number of nitrogens with zero attached hydrogens (tertiary/aromatic N) is 4. The van der Waals surface area contributed by atoms with Gasteiger partial charge in [0.2, 0.25) is 0 Å². The van der Waals surface area contributed by atoms with Crippen LogP contribution in [-0.4, -0.2) is 40.3 Å². The number of hydrogen-bond donors (Lipinski definition) is 1. The van der Waals surface area contributed by atoms with E-state index in [4.69, 9.17) is 27.9 Å². The molecule has 2 aromatic heterocycles. The van der Waals surface area contributed by atoms with Crippen molar-refractivity contribution in [3.63, 3.8) is 0 Å². The van der Waals surface area contributed by atoms with Gasteiger partial charge in [0.15, 0.2) is 0 Å². The van der Waals surface area contributed by atoms with E-state index in [1.807, 2.05) is 74.5 Å². The summed E-state index contributed by atoms with van der Waals surface area (Å²) in [6.07, 6.45) is 0. The van der Waals surface area contributed by atoms with E-state index in [2.05, 4.69) is 483 Å². The molecule has 15 heteroatoms. The predicted octanol–water partition coefficient (Wildman–Crippen LogP) is 36.9. The Bertz CT molecular complexity index is 7570. The maximum atomic E-state index is 11.5. The maximum absolute atomic E-state index is 11.5. The first kappa shape index (κ1) is 98.4. The zero-order chi connectivity index (χ0) is 97.6. The van der Waals surface area contributed by atoms with Gasteiger partial charge in [-0.2, -0.15) is 0 Å². The van der Waals surface area contributed by atoms with Crippen LogP contribution in [0.3, 0.4) is 0 Å². The third-order valence-corrected chi connectivity index (χ3v) is 28.8. The molecule has 0 saturated heterocycles. The molecule has 21 aromatic rings. The Hall–Kier alpha value is -13.8. The average Bonchev–Trinajstić information content (AvgIpc) is 1.54. The minimum absolute atomic E-state index is 0. The van der Waals surface area contributed by atoms with E-state index in [-0.39, 0.29) is 14.2 Å². The number of benzene rings is 19. The van der Waals surface area contributed by atoms with Gasteiger partial charge in [0, 0.05) is 106 Å². The molecule has 3 aliphatic rings. The lowest BCUT2D eigenvalue weighted by molar-refractivity contribution is 0.130. The summed E-state index contributed by atoms with van der Waals surface area (Å²) >= 11 is 20.6. The fourth-order valence-electron chi connectivity index (χ4n) is 21.0. The summed E-state index contributed by atoms with van der Waals surface area (Å²) in [7, 11) is -3.67. The molecule has 0 aliphatic heterocycles. The third kappa shape index (κ3) is 18.6. The van der Waals surface area contributed by atoms with Gasteiger partial charge < -0.3 is 28.8 Å². The SMILES string of the molecule is C.CCOCC.Cc1ccc(N(c2ccc(C)cc2)c2ccc(-n3c4ccc(C5(c6ccc(Br)cc6)c6ccccc6-c6ccccc65)cc4c4cc(C5(c6ccc(Br)cc6)c6ccccc6-c6ccccc65)ccc43)cc2)cc1.Cc1ccc(N(c2ccc(C)cc2)c2ccc(-n3c4ccccc4c4ccccc43)cc2)cc1.ClCCl.FB(F)F.OC1(c2ccc(Br)cc2)c2ccccc2-c2ccccc21.[2HH]. The van der Waals surface area contributed by atoms with Gasteiger partial charge in [0.05, 0.1) is 38.2 Å². The molecule has 704 valence electrons. The predicted molar refractivity (Wildman–Crippen MR) is 605 cm³/mol.